The van der Waals surface area contributed by atoms with Crippen LogP contribution in [-0.2, 0) is 4.79 Å². The van der Waals surface area contributed by atoms with Gasteiger partial charge in [-0.1, -0.05) is 23.7 Å². The molecule has 2 aromatic carbocycles. The Morgan fingerprint density at radius 2 is 1.75 bits per heavy atom. The molecule has 6 nitrogen and oxygen atoms in total. The smallest absolute Gasteiger partial charge is 0.261 e. The lowest BCUT2D eigenvalue weighted by Crippen LogP contribution is -2.32. The largest absolute Gasteiger partial charge is 0.325 e. The van der Waals surface area contributed by atoms with Crippen molar-refractivity contribution in [2.24, 2.45) is 0 Å². The fraction of sp³-hybridized carbons (Fsp3) is 0.143. The number of rotatable bonds is 4. The summed E-state index contributed by atoms with van der Waals surface area (Å²) in [6.45, 7) is 1.89. The SMILES string of the molecule is Cc1c(Cl)ccc2c(NC(=O)CCN3C(=O)c4ccccc4C3=O)ccnc12. The van der Waals surface area contributed by atoms with Gasteiger partial charge in [-0.05, 0) is 42.8 Å². The van der Waals surface area contributed by atoms with E-state index < -0.39 is 0 Å². The number of halogens is 1. The molecule has 2 heterocycles. The molecule has 3 amide bonds. The van der Waals surface area contributed by atoms with Gasteiger partial charge >= 0.3 is 0 Å². The Kier molecular flexibility index (Phi) is 4.57. The number of benzene rings is 2. The molecule has 1 aliphatic rings. The molecule has 28 heavy (non-hydrogen) atoms. The third-order valence-electron chi connectivity index (χ3n) is 4.81. The average Bonchev–Trinajstić information content (AvgIpc) is 2.94. The zero-order valence-corrected chi connectivity index (χ0v) is 15.8. The lowest BCUT2D eigenvalue weighted by molar-refractivity contribution is -0.116. The van der Waals surface area contributed by atoms with Crippen LogP contribution >= 0.6 is 11.6 Å². The number of nitrogens with zero attached hydrogens (tertiary/aromatic N) is 2. The molecule has 0 unspecified atom stereocenters. The number of carbonyl (C=O) groups excluding carboxylic acids is 3. The number of hydrogen-bond donors (Lipinski definition) is 1. The molecule has 0 radical (unpaired) electrons. The van der Waals surface area contributed by atoms with Crippen molar-refractivity contribution in [3.63, 3.8) is 0 Å². The Bertz CT molecular complexity index is 1110. The van der Waals surface area contributed by atoms with E-state index in [-0.39, 0.29) is 30.7 Å². The summed E-state index contributed by atoms with van der Waals surface area (Å²) < 4.78 is 0. The Morgan fingerprint density at radius 1 is 1.07 bits per heavy atom. The van der Waals surface area contributed by atoms with Crippen LogP contribution in [-0.4, -0.2) is 34.2 Å². The Balaban J connectivity index is 1.48. The highest BCUT2D eigenvalue weighted by atomic mass is 35.5. The van der Waals surface area contributed by atoms with Crippen molar-refractivity contribution in [3.8, 4) is 0 Å². The molecule has 0 saturated carbocycles. The predicted octanol–water partition coefficient (Wildman–Crippen LogP) is 3.82. The molecule has 0 aliphatic carbocycles. The lowest BCUT2D eigenvalue weighted by Gasteiger charge is -2.14. The Hall–Kier alpha value is -3.25. The second-order valence-electron chi connectivity index (χ2n) is 6.53. The standard InChI is InChI=1S/C21H16ClN3O3/c1-12-16(22)7-6-15-17(8-10-23-19(12)15)24-18(26)9-11-25-20(27)13-4-2-3-5-14(13)21(25)28/h2-8,10H,9,11H2,1H3,(H,23,24,26). The molecular formula is C21H16ClN3O3. The normalized spacial score (nSPS) is 13.1. The van der Waals surface area contributed by atoms with Crippen LogP contribution in [0.3, 0.4) is 0 Å². The first-order chi connectivity index (χ1) is 13.5. The van der Waals surface area contributed by atoms with Gasteiger partial charge in [0.2, 0.25) is 5.91 Å². The summed E-state index contributed by atoms with van der Waals surface area (Å²) in [5, 5.41) is 4.22. The molecule has 1 N–H and O–H groups in total. The number of hydrogen-bond acceptors (Lipinski definition) is 4. The van der Waals surface area contributed by atoms with E-state index in [0.717, 1.165) is 15.8 Å². The van der Waals surface area contributed by atoms with Crippen LogP contribution < -0.4 is 5.32 Å². The molecule has 0 bridgehead atoms. The molecule has 1 aliphatic heterocycles. The number of nitrogens with one attached hydrogen (secondary N) is 1. The third-order valence-corrected chi connectivity index (χ3v) is 5.22. The van der Waals surface area contributed by atoms with Crippen LogP contribution in [0.1, 0.15) is 32.7 Å². The van der Waals surface area contributed by atoms with Crippen molar-refractivity contribution >= 4 is 45.9 Å². The van der Waals surface area contributed by atoms with Crippen LogP contribution in [0.15, 0.2) is 48.7 Å². The summed E-state index contributed by atoms with van der Waals surface area (Å²) in [6.07, 6.45) is 1.60. The number of imide groups is 1. The van der Waals surface area contributed by atoms with Crippen LogP contribution in [0.5, 0.6) is 0 Å². The van der Waals surface area contributed by atoms with E-state index >= 15 is 0 Å². The van der Waals surface area contributed by atoms with Crippen molar-refractivity contribution in [2.45, 2.75) is 13.3 Å². The summed E-state index contributed by atoms with van der Waals surface area (Å²) in [5.41, 5.74) is 2.91. The minimum absolute atomic E-state index is 0.00184. The third kappa shape index (κ3) is 3.01. The predicted molar refractivity (Wildman–Crippen MR) is 107 cm³/mol. The van der Waals surface area contributed by atoms with Gasteiger partial charge in [0.1, 0.15) is 0 Å². The number of amides is 3. The van der Waals surface area contributed by atoms with Gasteiger partial charge in [0, 0.05) is 29.6 Å². The summed E-state index contributed by atoms with van der Waals surface area (Å²) in [7, 11) is 0. The van der Waals surface area contributed by atoms with Gasteiger partial charge < -0.3 is 5.32 Å². The van der Waals surface area contributed by atoms with Crippen LogP contribution in [0.25, 0.3) is 10.9 Å². The Morgan fingerprint density at radius 3 is 2.43 bits per heavy atom. The minimum Gasteiger partial charge on any atom is -0.325 e. The van der Waals surface area contributed by atoms with Crippen molar-refractivity contribution in [3.05, 3.63) is 70.4 Å². The monoisotopic (exact) mass is 393 g/mol. The number of aromatic nitrogens is 1. The zero-order chi connectivity index (χ0) is 19.8. The summed E-state index contributed by atoms with van der Waals surface area (Å²) in [6, 6.07) is 11.9. The molecule has 3 aromatic rings. The number of carbonyl (C=O) groups is 3. The van der Waals surface area contributed by atoms with Gasteiger partial charge in [0.15, 0.2) is 0 Å². The lowest BCUT2D eigenvalue weighted by atomic mass is 10.1. The molecule has 0 atom stereocenters. The second-order valence-corrected chi connectivity index (χ2v) is 6.94. The van der Waals surface area contributed by atoms with Crippen LogP contribution in [0.4, 0.5) is 5.69 Å². The number of pyridine rings is 1. The van der Waals surface area contributed by atoms with Crippen molar-refractivity contribution < 1.29 is 14.4 Å². The highest BCUT2D eigenvalue weighted by molar-refractivity contribution is 6.32. The van der Waals surface area contributed by atoms with Gasteiger partial charge in [0.25, 0.3) is 11.8 Å². The highest BCUT2D eigenvalue weighted by Gasteiger charge is 2.34. The summed E-state index contributed by atoms with van der Waals surface area (Å²) in [4.78, 5) is 42.6. The number of fused-ring (bicyclic) bond motifs is 2. The molecule has 0 fully saturated rings. The molecule has 7 heteroatoms. The first kappa shape index (κ1) is 18.1. The van der Waals surface area contributed by atoms with E-state index in [1.807, 2.05) is 6.92 Å². The summed E-state index contributed by atoms with van der Waals surface area (Å²) >= 11 is 6.14. The Labute approximate surface area is 166 Å². The highest BCUT2D eigenvalue weighted by Crippen LogP contribution is 2.29. The van der Waals surface area contributed by atoms with E-state index in [1.54, 1.807) is 48.7 Å². The van der Waals surface area contributed by atoms with Gasteiger partial charge in [-0.25, -0.2) is 0 Å². The minimum atomic E-state index is -0.368. The molecule has 4 rings (SSSR count). The van der Waals surface area contributed by atoms with Gasteiger partial charge in [-0.3, -0.25) is 24.3 Å². The maximum Gasteiger partial charge on any atom is 0.261 e. The maximum absolute atomic E-state index is 12.4. The van der Waals surface area contributed by atoms with Gasteiger partial charge in [-0.15, -0.1) is 0 Å². The number of aryl methyl sites for hydroxylation is 1. The number of anilines is 1. The van der Waals surface area contributed by atoms with Crippen molar-refractivity contribution in [1.29, 1.82) is 0 Å². The summed E-state index contributed by atoms with van der Waals surface area (Å²) in [5.74, 6) is -1.03. The fourth-order valence-electron chi connectivity index (χ4n) is 3.31. The van der Waals surface area contributed by atoms with E-state index in [2.05, 4.69) is 10.3 Å². The van der Waals surface area contributed by atoms with E-state index in [9.17, 15) is 14.4 Å². The van der Waals surface area contributed by atoms with Crippen molar-refractivity contribution in [2.75, 3.05) is 11.9 Å². The molecular weight excluding hydrogens is 378 g/mol. The van der Waals surface area contributed by atoms with E-state index in [1.165, 1.54) is 0 Å². The van der Waals surface area contributed by atoms with Gasteiger partial charge in [0.05, 0.1) is 22.3 Å². The van der Waals surface area contributed by atoms with Crippen molar-refractivity contribution in [1.82, 2.24) is 9.88 Å². The van der Waals surface area contributed by atoms with Gasteiger partial charge in [-0.2, -0.15) is 0 Å². The molecule has 0 saturated heterocycles. The molecule has 1 aromatic heterocycles. The van der Waals surface area contributed by atoms with E-state index in [0.29, 0.717) is 27.4 Å². The quantitative estimate of drug-likeness (QED) is 0.683. The first-order valence-electron chi connectivity index (χ1n) is 8.76. The maximum atomic E-state index is 12.4. The van der Waals surface area contributed by atoms with Crippen LogP contribution in [0, 0.1) is 6.92 Å². The van der Waals surface area contributed by atoms with E-state index in [4.69, 9.17) is 11.6 Å². The molecule has 0 spiro atoms. The van der Waals surface area contributed by atoms with Crippen LogP contribution in [0.2, 0.25) is 5.02 Å². The zero-order valence-electron chi connectivity index (χ0n) is 15.0. The average molecular weight is 394 g/mol. The first-order valence-corrected chi connectivity index (χ1v) is 9.14. The fourth-order valence-corrected chi connectivity index (χ4v) is 3.47. The topological polar surface area (TPSA) is 79.4 Å². The molecule has 140 valence electrons. The second kappa shape index (κ2) is 7.05.